The minimum absolute atomic E-state index is 0.0387. The lowest BCUT2D eigenvalue weighted by Crippen LogP contribution is -2.11. The lowest BCUT2D eigenvalue weighted by molar-refractivity contribution is -0.131. The molecule has 0 spiro atoms. The van der Waals surface area contributed by atoms with Crippen LogP contribution < -0.4 is 18.9 Å². The van der Waals surface area contributed by atoms with Crippen molar-refractivity contribution in [2.75, 3.05) is 0 Å². The molecule has 0 atom stereocenters. The Balaban J connectivity index is 2.60. The largest absolute Gasteiger partial charge is 0.423 e. The highest BCUT2D eigenvalue weighted by Crippen LogP contribution is 2.39. The smallest absolute Gasteiger partial charge is 0.338 e. The molecule has 0 saturated heterocycles. The highest BCUT2D eigenvalue weighted by Gasteiger charge is 2.18. The van der Waals surface area contributed by atoms with Crippen LogP contribution in [0.1, 0.15) is 13.8 Å². The summed E-state index contributed by atoms with van der Waals surface area (Å²) in [5.41, 5.74) is 1.13. The Labute approximate surface area is 196 Å². The molecule has 2 aromatic rings. The summed E-state index contributed by atoms with van der Waals surface area (Å²) in [6.45, 7) is 16.7. The zero-order valence-electron chi connectivity index (χ0n) is 18.7. The first-order valence-corrected chi connectivity index (χ1v) is 9.78. The maximum atomic E-state index is 12.2. The summed E-state index contributed by atoms with van der Waals surface area (Å²) in [5, 5.41) is 0. The molecule has 0 heterocycles. The molecule has 8 heteroatoms. The van der Waals surface area contributed by atoms with Crippen LogP contribution in [0.15, 0.2) is 86.0 Å². The highest BCUT2D eigenvalue weighted by molar-refractivity contribution is 5.92. The standard InChI is InChI=1S/C26H22O8/c1-7-23(27)32-20-12-9-17(13-22(20)33-24(28)8-2)19-11-10-18(31-25(29)15(3)4)14-21(19)34-26(30)16(5)6/h7-14H,1-3,5H2,4,6H3. The predicted molar refractivity (Wildman–Crippen MR) is 124 cm³/mol. The van der Waals surface area contributed by atoms with E-state index in [0.29, 0.717) is 11.1 Å². The van der Waals surface area contributed by atoms with E-state index in [1.54, 1.807) is 6.07 Å². The fourth-order valence-electron chi connectivity index (χ4n) is 2.41. The predicted octanol–water partition coefficient (Wildman–Crippen LogP) is 4.50. The molecule has 0 amide bonds. The van der Waals surface area contributed by atoms with Gasteiger partial charge in [0, 0.05) is 34.9 Å². The van der Waals surface area contributed by atoms with Gasteiger partial charge in [-0.15, -0.1) is 0 Å². The molecular formula is C26H22O8. The molecule has 0 aliphatic carbocycles. The fraction of sp³-hybridized carbons (Fsp3) is 0.0769. The molecule has 0 saturated carbocycles. The summed E-state index contributed by atoms with van der Waals surface area (Å²) in [6, 6.07) is 8.70. The van der Waals surface area contributed by atoms with Gasteiger partial charge in [0.15, 0.2) is 11.5 Å². The first-order chi connectivity index (χ1) is 16.0. The summed E-state index contributed by atoms with van der Waals surface area (Å²) in [5.74, 6) is -2.90. The number of rotatable bonds is 9. The summed E-state index contributed by atoms with van der Waals surface area (Å²) in [4.78, 5) is 47.5. The fourth-order valence-corrected chi connectivity index (χ4v) is 2.41. The van der Waals surface area contributed by atoms with E-state index in [4.69, 9.17) is 18.9 Å². The summed E-state index contributed by atoms with van der Waals surface area (Å²) >= 11 is 0. The quantitative estimate of drug-likeness (QED) is 0.305. The van der Waals surface area contributed by atoms with Crippen molar-refractivity contribution in [1.82, 2.24) is 0 Å². The van der Waals surface area contributed by atoms with Gasteiger partial charge in [-0.25, -0.2) is 19.2 Å². The lowest BCUT2D eigenvalue weighted by Gasteiger charge is -2.15. The van der Waals surface area contributed by atoms with Gasteiger partial charge in [-0.1, -0.05) is 32.4 Å². The van der Waals surface area contributed by atoms with Crippen LogP contribution in [0.3, 0.4) is 0 Å². The van der Waals surface area contributed by atoms with Gasteiger partial charge in [0.05, 0.1) is 0 Å². The molecule has 0 fully saturated rings. The van der Waals surface area contributed by atoms with Crippen LogP contribution in [0.5, 0.6) is 23.0 Å². The van der Waals surface area contributed by atoms with Gasteiger partial charge in [0.1, 0.15) is 11.5 Å². The summed E-state index contributed by atoms with van der Waals surface area (Å²) in [6.07, 6.45) is 1.89. The van der Waals surface area contributed by atoms with Crippen LogP contribution in [0, 0.1) is 0 Å². The Kier molecular flexibility index (Phi) is 8.44. The van der Waals surface area contributed by atoms with E-state index in [2.05, 4.69) is 26.3 Å². The zero-order valence-corrected chi connectivity index (χ0v) is 18.7. The van der Waals surface area contributed by atoms with Crippen molar-refractivity contribution >= 4 is 23.9 Å². The highest BCUT2D eigenvalue weighted by atomic mass is 16.6. The SMILES string of the molecule is C=CC(=O)Oc1ccc(-c2ccc(OC(=O)C(=C)C)cc2OC(=O)C(=C)C)cc1OC(=O)C=C. The number of ether oxygens (including phenoxy) is 4. The lowest BCUT2D eigenvalue weighted by atomic mass is 10.0. The van der Waals surface area contributed by atoms with Crippen molar-refractivity contribution in [3.8, 4) is 34.1 Å². The van der Waals surface area contributed by atoms with Crippen LogP contribution in [-0.4, -0.2) is 23.9 Å². The Morgan fingerprint density at radius 1 is 0.676 bits per heavy atom. The Morgan fingerprint density at radius 2 is 1.24 bits per heavy atom. The topological polar surface area (TPSA) is 105 Å². The second kappa shape index (κ2) is 11.2. The molecular weight excluding hydrogens is 440 g/mol. The second-order valence-corrected chi connectivity index (χ2v) is 6.91. The maximum Gasteiger partial charge on any atom is 0.338 e. The van der Waals surface area contributed by atoms with Crippen molar-refractivity contribution in [3.05, 3.63) is 86.0 Å². The van der Waals surface area contributed by atoms with Gasteiger partial charge in [-0.3, -0.25) is 0 Å². The van der Waals surface area contributed by atoms with Gasteiger partial charge in [-0.2, -0.15) is 0 Å². The van der Waals surface area contributed by atoms with Gasteiger partial charge >= 0.3 is 23.9 Å². The molecule has 0 bridgehead atoms. The van der Waals surface area contributed by atoms with Crippen LogP contribution in [0.25, 0.3) is 11.1 Å². The Morgan fingerprint density at radius 3 is 1.79 bits per heavy atom. The normalized spacial score (nSPS) is 9.82. The molecule has 2 rings (SSSR count). The molecule has 0 aliphatic heterocycles. The minimum Gasteiger partial charge on any atom is -0.423 e. The Bertz CT molecular complexity index is 1220. The Hall–Kier alpha value is -4.72. The van der Waals surface area contributed by atoms with Gasteiger partial charge in [-0.05, 0) is 43.7 Å². The third-order valence-corrected chi connectivity index (χ3v) is 4.07. The third kappa shape index (κ3) is 6.64. The average Bonchev–Trinajstić information content (AvgIpc) is 2.79. The van der Waals surface area contributed by atoms with E-state index in [0.717, 1.165) is 12.2 Å². The summed E-state index contributed by atoms with van der Waals surface area (Å²) < 4.78 is 20.9. The van der Waals surface area contributed by atoms with E-state index < -0.39 is 23.9 Å². The molecule has 174 valence electrons. The van der Waals surface area contributed by atoms with E-state index in [1.165, 1.54) is 44.2 Å². The first-order valence-electron chi connectivity index (χ1n) is 9.78. The number of hydrogen-bond donors (Lipinski definition) is 0. The van der Waals surface area contributed by atoms with Crippen LogP contribution in [-0.2, 0) is 19.2 Å². The van der Waals surface area contributed by atoms with E-state index in [1.807, 2.05) is 0 Å². The number of hydrogen-bond acceptors (Lipinski definition) is 8. The zero-order chi connectivity index (χ0) is 25.4. The molecule has 0 N–H and O–H groups in total. The van der Waals surface area contributed by atoms with Crippen molar-refractivity contribution in [2.45, 2.75) is 13.8 Å². The molecule has 0 unspecified atom stereocenters. The molecule has 34 heavy (non-hydrogen) atoms. The van der Waals surface area contributed by atoms with E-state index >= 15 is 0 Å². The number of benzene rings is 2. The number of carbonyl (C=O) groups excluding carboxylic acids is 4. The summed E-state index contributed by atoms with van der Waals surface area (Å²) in [7, 11) is 0. The third-order valence-electron chi connectivity index (χ3n) is 4.07. The van der Waals surface area contributed by atoms with Gasteiger partial charge < -0.3 is 18.9 Å². The average molecular weight is 462 g/mol. The first kappa shape index (κ1) is 25.5. The van der Waals surface area contributed by atoms with E-state index in [-0.39, 0.29) is 34.1 Å². The molecule has 8 nitrogen and oxygen atoms in total. The number of carbonyl (C=O) groups is 4. The van der Waals surface area contributed by atoms with E-state index in [9.17, 15) is 19.2 Å². The maximum absolute atomic E-state index is 12.2. The van der Waals surface area contributed by atoms with Crippen molar-refractivity contribution in [1.29, 1.82) is 0 Å². The minimum atomic E-state index is -0.788. The molecule has 2 aromatic carbocycles. The monoisotopic (exact) mass is 462 g/mol. The second-order valence-electron chi connectivity index (χ2n) is 6.91. The van der Waals surface area contributed by atoms with Crippen molar-refractivity contribution in [3.63, 3.8) is 0 Å². The molecule has 0 aromatic heterocycles. The van der Waals surface area contributed by atoms with Crippen LogP contribution in [0.4, 0.5) is 0 Å². The van der Waals surface area contributed by atoms with Crippen molar-refractivity contribution in [2.24, 2.45) is 0 Å². The van der Waals surface area contributed by atoms with Crippen LogP contribution in [0.2, 0.25) is 0 Å². The molecule has 0 radical (unpaired) electrons. The van der Waals surface area contributed by atoms with Crippen molar-refractivity contribution < 1.29 is 38.1 Å². The van der Waals surface area contributed by atoms with Gasteiger partial charge in [0.25, 0.3) is 0 Å². The number of esters is 4. The van der Waals surface area contributed by atoms with Gasteiger partial charge in [0.2, 0.25) is 0 Å². The molecule has 0 aliphatic rings. The van der Waals surface area contributed by atoms with Crippen LogP contribution >= 0.6 is 0 Å².